The molecule has 160 valence electrons. The van der Waals surface area contributed by atoms with Gasteiger partial charge in [0.1, 0.15) is 7.14 Å². The minimum atomic E-state index is -2.55. The van der Waals surface area contributed by atoms with Gasteiger partial charge in [-0.05, 0) is 43.7 Å². The Kier molecular flexibility index (Phi) is 8.60. The molecule has 0 amide bonds. The van der Waals surface area contributed by atoms with E-state index in [0.717, 1.165) is 49.4 Å². The molecule has 0 aromatic heterocycles. The van der Waals surface area contributed by atoms with Crippen molar-refractivity contribution in [3.05, 3.63) is 35.9 Å². The molecule has 0 N–H and O–H groups in total. The van der Waals surface area contributed by atoms with E-state index in [1.54, 1.807) is 0 Å². The lowest BCUT2D eigenvalue weighted by Gasteiger charge is -2.39. The van der Waals surface area contributed by atoms with E-state index < -0.39 is 7.14 Å². The van der Waals surface area contributed by atoms with Gasteiger partial charge in [0.2, 0.25) is 0 Å². The fourth-order valence-corrected chi connectivity index (χ4v) is 9.61. The van der Waals surface area contributed by atoms with Gasteiger partial charge in [-0.25, -0.2) is 4.79 Å². The second-order valence-corrected chi connectivity index (χ2v) is 12.1. The highest BCUT2D eigenvalue weighted by molar-refractivity contribution is 7.73. The average molecular weight is 417 g/mol. The first-order valence-corrected chi connectivity index (χ1v) is 13.5. The smallest absolute Gasteiger partial charge is 0.330 e. The lowest BCUT2D eigenvalue weighted by atomic mass is 9.99. The van der Waals surface area contributed by atoms with Crippen molar-refractivity contribution >= 4 is 24.5 Å². The molecule has 2 aliphatic rings. The number of esters is 1. The molecule has 3 nitrogen and oxygen atoms in total. The van der Waals surface area contributed by atoms with E-state index in [9.17, 15) is 9.36 Å². The van der Waals surface area contributed by atoms with Crippen molar-refractivity contribution in [3.8, 4) is 0 Å². The second-order valence-electron chi connectivity index (χ2n) is 8.71. The third-order valence-corrected chi connectivity index (χ3v) is 11.1. The van der Waals surface area contributed by atoms with Crippen molar-refractivity contribution < 1.29 is 14.1 Å². The molecule has 2 saturated carbocycles. The Morgan fingerprint density at radius 1 is 1.00 bits per heavy atom. The molecule has 2 aliphatic carbocycles. The van der Waals surface area contributed by atoms with E-state index in [1.165, 1.54) is 44.6 Å². The molecule has 1 aromatic rings. The normalized spacial score (nSPS) is 19.5. The predicted octanol–water partition coefficient (Wildman–Crippen LogP) is 6.70. The Morgan fingerprint density at radius 2 is 1.59 bits per heavy atom. The van der Waals surface area contributed by atoms with Crippen LogP contribution in [0.25, 0.3) is 6.08 Å². The Balaban J connectivity index is 1.89. The van der Waals surface area contributed by atoms with Gasteiger partial charge in [0.15, 0.2) is 0 Å². The number of ether oxygens (including phenoxy) is 1. The number of unbranched alkanes of at least 4 members (excludes halogenated alkanes) is 1. The summed E-state index contributed by atoms with van der Waals surface area (Å²) < 4.78 is 20.1. The Morgan fingerprint density at radius 3 is 2.17 bits per heavy atom. The molecule has 0 unspecified atom stereocenters. The first-order chi connectivity index (χ1) is 14.2. The summed E-state index contributed by atoms with van der Waals surface area (Å²) in [6.45, 7) is 2.54. The van der Waals surface area contributed by atoms with Crippen LogP contribution < -0.4 is 5.30 Å². The SMILES string of the molecule is CCCCOC(=O)/C=C/c1ccccc1P(=O)(C1CCCCC1)C1CCCCC1. The van der Waals surface area contributed by atoms with Gasteiger partial charge >= 0.3 is 5.97 Å². The maximum Gasteiger partial charge on any atom is 0.330 e. The van der Waals surface area contributed by atoms with Crippen LogP contribution in [0.3, 0.4) is 0 Å². The highest BCUT2D eigenvalue weighted by atomic mass is 31.2. The molecular formula is C25H37O3P. The van der Waals surface area contributed by atoms with Crippen molar-refractivity contribution in [2.75, 3.05) is 6.61 Å². The van der Waals surface area contributed by atoms with Crippen molar-refractivity contribution in [2.45, 2.75) is 95.3 Å². The molecule has 0 radical (unpaired) electrons. The largest absolute Gasteiger partial charge is 0.463 e. The zero-order valence-corrected chi connectivity index (χ0v) is 18.9. The van der Waals surface area contributed by atoms with Crippen LogP contribution in [0.15, 0.2) is 30.3 Å². The fourth-order valence-electron chi connectivity index (χ4n) is 5.09. The van der Waals surface area contributed by atoms with E-state index in [4.69, 9.17) is 4.74 Å². The monoisotopic (exact) mass is 416 g/mol. The van der Waals surface area contributed by atoms with E-state index in [-0.39, 0.29) is 5.97 Å². The molecule has 0 spiro atoms. The van der Waals surface area contributed by atoms with Crippen molar-refractivity contribution in [3.63, 3.8) is 0 Å². The van der Waals surface area contributed by atoms with Crippen LogP contribution in [0.4, 0.5) is 0 Å². The van der Waals surface area contributed by atoms with E-state index in [1.807, 2.05) is 24.3 Å². The maximum atomic E-state index is 14.9. The van der Waals surface area contributed by atoms with E-state index in [0.29, 0.717) is 17.9 Å². The minimum absolute atomic E-state index is 0.307. The maximum absolute atomic E-state index is 14.9. The van der Waals surface area contributed by atoms with Crippen LogP contribution >= 0.6 is 7.14 Å². The zero-order valence-electron chi connectivity index (χ0n) is 18.0. The second kappa shape index (κ2) is 11.2. The lowest BCUT2D eigenvalue weighted by Crippen LogP contribution is -2.30. The van der Waals surface area contributed by atoms with Crippen molar-refractivity contribution in [1.29, 1.82) is 0 Å². The lowest BCUT2D eigenvalue weighted by molar-refractivity contribution is -0.137. The van der Waals surface area contributed by atoms with E-state index >= 15 is 0 Å². The summed E-state index contributed by atoms with van der Waals surface area (Å²) in [6.07, 6.45) is 16.9. The third kappa shape index (κ3) is 5.63. The zero-order chi connectivity index (χ0) is 20.5. The quantitative estimate of drug-likeness (QED) is 0.205. The number of carbonyl (C=O) groups is 1. The van der Waals surface area contributed by atoms with Gasteiger partial charge < -0.3 is 9.30 Å². The predicted molar refractivity (Wildman–Crippen MR) is 122 cm³/mol. The topological polar surface area (TPSA) is 43.4 Å². The number of rotatable bonds is 8. The van der Waals surface area contributed by atoms with Crippen LogP contribution in [0, 0.1) is 0 Å². The van der Waals surface area contributed by atoms with Gasteiger partial charge in [-0.3, -0.25) is 0 Å². The van der Waals surface area contributed by atoms with Crippen LogP contribution in [0.5, 0.6) is 0 Å². The van der Waals surface area contributed by atoms with Gasteiger partial charge in [-0.1, -0.05) is 76.1 Å². The number of hydrogen-bond acceptors (Lipinski definition) is 3. The fraction of sp³-hybridized carbons (Fsp3) is 0.640. The highest BCUT2D eigenvalue weighted by Crippen LogP contribution is 2.62. The van der Waals surface area contributed by atoms with Crippen LogP contribution in [-0.2, 0) is 14.1 Å². The molecular weight excluding hydrogens is 379 g/mol. The van der Waals surface area contributed by atoms with Gasteiger partial charge in [-0.15, -0.1) is 0 Å². The summed E-state index contributed by atoms with van der Waals surface area (Å²) in [7, 11) is -2.55. The number of benzene rings is 1. The summed E-state index contributed by atoms with van der Waals surface area (Å²) in [5.41, 5.74) is 1.57. The Labute approximate surface area is 176 Å². The van der Waals surface area contributed by atoms with Crippen molar-refractivity contribution in [1.82, 2.24) is 0 Å². The van der Waals surface area contributed by atoms with Crippen molar-refractivity contribution in [2.24, 2.45) is 0 Å². The highest BCUT2D eigenvalue weighted by Gasteiger charge is 2.43. The van der Waals surface area contributed by atoms with Gasteiger partial charge in [0.25, 0.3) is 0 Å². The molecule has 0 saturated heterocycles. The summed E-state index contributed by atoms with van der Waals surface area (Å²) in [5, 5.41) is 1.01. The molecule has 3 rings (SSSR count). The summed E-state index contributed by atoms with van der Waals surface area (Å²) in [4.78, 5) is 12.1. The summed E-state index contributed by atoms with van der Waals surface area (Å²) >= 11 is 0. The summed E-state index contributed by atoms with van der Waals surface area (Å²) in [6, 6.07) is 8.09. The molecule has 0 heterocycles. The number of carbonyl (C=O) groups excluding carboxylic acids is 1. The third-order valence-electron chi connectivity index (χ3n) is 6.69. The molecule has 0 aliphatic heterocycles. The average Bonchev–Trinajstić information content (AvgIpc) is 2.79. The molecule has 1 aromatic carbocycles. The van der Waals surface area contributed by atoms with Gasteiger partial charge in [0.05, 0.1) is 6.61 Å². The van der Waals surface area contributed by atoms with Gasteiger partial charge in [-0.2, -0.15) is 0 Å². The molecule has 4 heteroatoms. The molecule has 0 atom stereocenters. The minimum Gasteiger partial charge on any atom is -0.463 e. The molecule has 0 bridgehead atoms. The molecule has 2 fully saturated rings. The first kappa shape index (κ1) is 22.3. The Bertz CT molecular complexity index is 705. The number of hydrogen-bond donors (Lipinski definition) is 0. The van der Waals surface area contributed by atoms with Gasteiger partial charge in [0, 0.05) is 22.7 Å². The molecule has 29 heavy (non-hydrogen) atoms. The standard InChI is InChI=1S/C25H37O3P/c1-2-3-20-28-25(26)19-18-21-12-10-11-17-24(21)29(27,22-13-6-4-7-14-22)23-15-8-5-9-16-23/h10-12,17-19,22-23H,2-9,13-16,20H2,1H3/b19-18+. The van der Waals surface area contributed by atoms with Crippen LogP contribution in [-0.4, -0.2) is 23.9 Å². The first-order valence-electron chi connectivity index (χ1n) is 11.7. The summed E-state index contributed by atoms with van der Waals surface area (Å²) in [5.74, 6) is -0.307. The van der Waals surface area contributed by atoms with Crippen LogP contribution in [0.1, 0.15) is 89.5 Å². The Hall–Kier alpha value is -1.34. The van der Waals surface area contributed by atoms with E-state index in [2.05, 4.69) is 13.0 Å². The van der Waals surface area contributed by atoms with Crippen LogP contribution in [0.2, 0.25) is 0 Å².